The highest BCUT2D eigenvalue weighted by Gasteiger charge is 2.36. The maximum atomic E-state index is 13.5. The van der Waals surface area contributed by atoms with E-state index >= 15 is 0 Å². The molecular weight excluding hydrogens is 410 g/mol. The van der Waals surface area contributed by atoms with Gasteiger partial charge in [0.15, 0.2) is 0 Å². The fourth-order valence-corrected chi connectivity index (χ4v) is 3.68. The molecule has 1 aromatic carbocycles. The topological polar surface area (TPSA) is 109 Å². The fraction of sp³-hybridized carbons (Fsp3) is 0.417. The molecule has 1 aliphatic heterocycles. The number of fused-ring (bicyclic) bond motifs is 3. The summed E-state index contributed by atoms with van der Waals surface area (Å²) >= 11 is 0. The van der Waals surface area contributed by atoms with E-state index in [1.165, 1.54) is 4.90 Å². The number of esters is 1. The van der Waals surface area contributed by atoms with Gasteiger partial charge in [-0.1, -0.05) is 31.2 Å². The molecular formula is C24H29N3O5. The van der Waals surface area contributed by atoms with Crippen LogP contribution in [0.1, 0.15) is 45.7 Å². The van der Waals surface area contributed by atoms with E-state index in [9.17, 15) is 19.5 Å². The predicted molar refractivity (Wildman–Crippen MR) is 120 cm³/mol. The number of carbonyl (C=O) groups excluding carboxylic acids is 3. The van der Waals surface area contributed by atoms with Crippen LogP contribution < -0.4 is 10.2 Å². The lowest BCUT2D eigenvalue weighted by atomic mass is 9.95. The van der Waals surface area contributed by atoms with Crippen LogP contribution in [0.25, 0.3) is 11.1 Å². The van der Waals surface area contributed by atoms with Gasteiger partial charge < -0.3 is 15.2 Å². The van der Waals surface area contributed by atoms with Crippen molar-refractivity contribution in [1.82, 2.24) is 10.3 Å². The molecule has 0 aliphatic carbocycles. The smallest absolute Gasteiger partial charge is 0.307 e. The fourth-order valence-electron chi connectivity index (χ4n) is 3.68. The highest BCUT2D eigenvalue weighted by molar-refractivity contribution is 6.05. The normalized spacial score (nSPS) is 16.5. The van der Waals surface area contributed by atoms with Crippen molar-refractivity contribution in [3.63, 3.8) is 0 Å². The molecule has 0 radical (unpaired) electrons. The van der Waals surface area contributed by atoms with Gasteiger partial charge in [0.2, 0.25) is 5.91 Å². The number of pyridine rings is 1. The van der Waals surface area contributed by atoms with Crippen LogP contribution in [0.2, 0.25) is 0 Å². The predicted octanol–water partition coefficient (Wildman–Crippen LogP) is 2.61. The van der Waals surface area contributed by atoms with Crippen LogP contribution in [-0.4, -0.2) is 46.6 Å². The molecule has 0 unspecified atom stereocenters. The Morgan fingerprint density at radius 3 is 2.56 bits per heavy atom. The zero-order valence-electron chi connectivity index (χ0n) is 18.8. The minimum absolute atomic E-state index is 0.0384. The lowest BCUT2D eigenvalue weighted by Gasteiger charge is -2.26. The molecule has 8 heteroatoms. The first kappa shape index (κ1) is 23.4. The van der Waals surface area contributed by atoms with Crippen LogP contribution in [0.4, 0.5) is 5.82 Å². The molecule has 2 amide bonds. The van der Waals surface area contributed by atoms with E-state index in [-0.39, 0.29) is 19.6 Å². The van der Waals surface area contributed by atoms with Gasteiger partial charge >= 0.3 is 5.97 Å². The SMILES string of the molecule is C[C@H](CC(=O)OC(C)(C)C)C(=O)N[C@@H]1C(=O)N(CCO)c2ncccc2-c2ccccc21. The highest BCUT2D eigenvalue weighted by Crippen LogP contribution is 2.38. The molecule has 170 valence electrons. The number of hydrogen-bond donors (Lipinski definition) is 2. The van der Waals surface area contributed by atoms with Gasteiger partial charge in [0.1, 0.15) is 17.5 Å². The number of amides is 2. The summed E-state index contributed by atoms with van der Waals surface area (Å²) in [6, 6.07) is 9.96. The summed E-state index contributed by atoms with van der Waals surface area (Å²) in [6.07, 6.45) is 1.48. The molecule has 32 heavy (non-hydrogen) atoms. The first-order valence-electron chi connectivity index (χ1n) is 10.6. The molecule has 2 heterocycles. The lowest BCUT2D eigenvalue weighted by molar-refractivity contribution is -0.157. The third-order valence-corrected chi connectivity index (χ3v) is 5.07. The quantitative estimate of drug-likeness (QED) is 0.670. The van der Waals surface area contributed by atoms with E-state index < -0.39 is 35.3 Å². The van der Waals surface area contributed by atoms with Crippen LogP contribution in [0.5, 0.6) is 0 Å². The van der Waals surface area contributed by atoms with Crippen molar-refractivity contribution in [2.75, 3.05) is 18.1 Å². The number of nitrogens with one attached hydrogen (secondary N) is 1. The van der Waals surface area contributed by atoms with Gasteiger partial charge in [-0.15, -0.1) is 0 Å². The molecule has 0 saturated heterocycles. The van der Waals surface area contributed by atoms with Gasteiger partial charge in [-0.3, -0.25) is 19.3 Å². The van der Waals surface area contributed by atoms with Gasteiger partial charge in [-0.25, -0.2) is 4.98 Å². The molecule has 1 aliphatic rings. The molecule has 2 aromatic rings. The minimum atomic E-state index is -0.986. The molecule has 0 saturated carbocycles. The van der Waals surface area contributed by atoms with Gasteiger partial charge in [0, 0.05) is 17.7 Å². The van der Waals surface area contributed by atoms with E-state index in [0.29, 0.717) is 11.4 Å². The third kappa shape index (κ3) is 5.13. The van der Waals surface area contributed by atoms with Crippen LogP contribution in [-0.2, 0) is 19.1 Å². The largest absolute Gasteiger partial charge is 0.460 e. The third-order valence-electron chi connectivity index (χ3n) is 5.07. The Bertz CT molecular complexity index is 1010. The number of aliphatic hydroxyl groups excluding tert-OH is 1. The monoisotopic (exact) mass is 439 g/mol. The van der Waals surface area contributed by atoms with Crippen molar-refractivity contribution < 1.29 is 24.2 Å². The Labute approximate surface area is 187 Å². The second kappa shape index (κ2) is 9.48. The summed E-state index contributed by atoms with van der Waals surface area (Å²) in [7, 11) is 0. The lowest BCUT2D eigenvalue weighted by Crippen LogP contribution is -2.45. The number of ether oxygens (including phenoxy) is 1. The molecule has 0 spiro atoms. The van der Waals surface area contributed by atoms with E-state index in [0.717, 1.165) is 11.1 Å². The first-order chi connectivity index (χ1) is 15.1. The standard InChI is InChI=1S/C24H29N3O5/c1-15(14-19(29)32-24(2,3)4)22(30)26-20-17-9-6-5-8-16(17)18-10-7-11-25-21(18)27(12-13-28)23(20)31/h5-11,15,20,28H,12-14H2,1-4H3,(H,26,30)/t15-,20+/m1/s1. The average Bonchev–Trinajstić information content (AvgIpc) is 2.82. The second-order valence-electron chi connectivity index (χ2n) is 8.81. The molecule has 2 atom stereocenters. The van der Waals surface area contributed by atoms with Gasteiger partial charge in [-0.2, -0.15) is 0 Å². The van der Waals surface area contributed by atoms with Crippen molar-refractivity contribution >= 4 is 23.6 Å². The number of anilines is 1. The van der Waals surface area contributed by atoms with Crippen LogP contribution in [0, 0.1) is 5.92 Å². The molecule has 1 aromatic heterocycles. The van der Waals surface area contributed by atoms with Crippen LogP contribution >= 0.6 is 0 Å². The number of aliphatic hydroxyl groups is 1. The Kier molecular flexibility index (Phi) is 6.93. The van der Waals surface area contributed by atoms with Crippen molar-refractivity contribution in [1.29, 1.82) is 0 Å². The number of nitrogens with zero attached hydrogens (tertiary/aromatic N) is 2. The van der Waals surface area contributed by atoms with Crippen LogP contribution in [0.15, 0.2) is 42.6 Å². The summed E-state index contributed by atoms with van der Waals surface area (Å²) in [5, 5.41) is 12.4. The summed E-state index contributed by atoms with van der Waals surface area (Å²) in [6.45, 7) is 6.69. The van der Waals surface area contributed by atoms with Crippen molar-refractivity contribution in [3.8, 4) is 11.1 Å². The number of carbonyl (C=O) groups is 3. The number of benzene rings is 1. The van der Waals surface area contributed by atoms with Crippen LogP contribution in [0.3, 0.4) is 0 Å². The van der Waals surface area contributed by atoms with E-state index in [2.05, 4.69) is 10.3 Å². The molecule has 2 N–H and O–H groups in total. The van der Waals surface area contributed by atoms with E-state index in [1.807, 2.05) is 18.2 Å². The molecule has 8 nitrogen and oxygen atoms in total. The average molecular weight is 440 g/mol. The molecule has 0 fully saturated rings. The maximum Gasteiger partial charge on any atom is 0.307 e. The van der Waals surface area contributed by atoms with Crippen molar-refractivity contribution in [3.05, 3.63) is 48.2 Å². The Morgan fingerprint density at radius 2 is 1.88 bits per heavy atom. The zero-order valence-corrected chi connectivity index (χ0v) is 18.8. The first-order valence-corrected chi connectivity index (χ1v) is 10.6. The summed E-state index contributed by atoms with van der Waals surface area (Å²) in [5.74, 6) is -1.59. The second-order valence-corrected chi connectivity index (χ2v) is 8.81. The summed E-state index contributed by atoms with van der Waals surface area (Å²) in [4.78, 5) is 44.4. The highest BCUT2D eigenvalue weighted by atomic mass is 16.6. The molecule has 3 rings (SSSR count). The van der Waals surface area contributed by atoms with Crippen molar-refractivity contribution in [2.45, 2.75) is 45.8 Å². The van der Waals surface area contributed by atoms with Gasteiger partial charge in [0.05, 0.1) is 19.6 Å². The summed E-state index contributed by atoms with van der Waals surface area (Å²) in [5.41, 5.74) is 1.50. The number of rotatable bonds is 6. The Balaban J connectivity index is 1.91. The van der Waals surface area contributed by atoms with E-state index in [4.69, 9.17) is 4.74 Å². The number of aromatic nitrogens is 1. The molecule has 0 bridgehead atoms. The number of hydrogen-bond acceptors (Lipinski definition) is 6. The Morgan fingerprint density at radius 1 is 1.19 bits per heavy atom. The maximum absolute atomic E-state index is 13.5. The minimum Gasteiger partial charge on any atom is -0.460 e. The van der Waals surface area contributed by atoms with Gasteiger partial charge in [-0.05, 0) is 44.0 Å². The zero-order chi connectivity index (χ0) is 23.5. The number of β-amino-alcohol motifs (C(OH)–C–C–N with tert-alkyl or cyclic N) is 1. The summed E-state index contributed by atoms with van der Waals surface area (Å²) < 4.78 is 5.31. The van der Waals surface area contributed by atoms with Gasteiger partial charge in [0.25, 0.3) is 5.91 Å². The Hall–Kier alpha value is -3.26. The van der Waals surface area contributed by atoms with E-state index in [1.54, 1.807) is 52.1 Å². The van der Waals surface area contributed by atoms with Crippen molar-refractivity contribution in [2.24, 2.45) is 5.92 Å².